The molecule has 0 fully saturated rings. The molecule has 0 unspecified atom stereocenters. The fraction of sp³-hybridized carbons (Fsp3) is 0. The molecule has 4 nitrogen and oxygen atoms in total. The lowest BCUT2D eigenvalue weighted by Crippen LogP contribution is -1.82. The lowest BCUT2D eigenvalue weighted by molar-refractivity contribution is 0.535. The minimum absolute atomic E-state index is 0.274. The summed E-state index contributed by atoms with van der Waals surface area (Å²) in [7, 11) is 0. The molecule has 0 spiro atoms. The van der Waals surface area contributed by atoms with Crippen molar-refractivity contribution in [3.8, 4) is 11.5 Å². The van der Waals surface area contributed by atoms with Crippen LogP contribution in [0, 0.1) is 9.71 Å². The van der Waals surface area contributed by atoms with Crippen molar-refractivity contribution in [1.29, 1.82) is 0 Å². The van der Waals surface area contributed by atoms with Crippen molar-refractivity contribution >= 4 is 22.6 Å². The third-order valence-corrected chi connectivity index (χ3v) is 1.79. The summed E-state index contributed by atoms with van der Waals surface area (Å²) in [4.78, 5) is 3.66. The molecule has 2 heterocycles. The molecule has 0 amide bonds. The molecular formula is C7H3FIN3O. The number of pyridine rings is 1. The Morgan fingerprint density at radius 2 is 2.15 bits per heavy atom. The highest BCUT2D eigenvalue weighted by atomic mass is 127. The maximum Gasteiger partial charge on any atom is 0.278 e. The summed E-state index contributed by atoms with van der Waals surface area (Å²) in [5.41, 5.74) is 0.482. The van der Waals surface area contributed by atoms with Crippen LogP contribution in [0.1, 0.15) is 0 Å². The van der Waals surface area contributed by atoms with E-state index < -0.39 is 5.82 Å². The van der Waals surface area contributed by atoms with Crippen LogP contribution >= 0.6 is 22.6 Å². The van der Waals surface area contributed by atoms with Crippen LogP contribution in [0.3, 0.4) is 0 Å². The molecule has 2 aromatic rings. The van der Waals surface area contributed by atoms with Gasteiger partial charge in [0.1, 0.15) is 5.82 Å². The number of hydrogen-bond donors (Lipinski definition) is 0. The average Bonchev–Trinajstić information content (AvgIpc) is 2.52. The van der Waals surface area contributed by atoms with Crippen LogP contribution in [0.5, 0.6) is 0 Å². The fourth-order valence-electron chi connectivity index (χ4n) is 0.851. The summed E-state index contributed by atoms with van der Waals surface area (Å²) in [6.45, 7) is 0. The molecule has 2 aromatic heterocycles. The largest absolute Gasteiger partial charge is 0.412 e. The van der Waals surface area contributed by atoms with E-state index in [0.717, 1.165) is 6.20 Å². The van der Waals surface area contributed by atoms with Crippen LogP contribution in [-0.4, -0.2) is 15.2 Å². The summed E-state index contributed by atoms with van der Waals surface area (Å²) in [6.07, 6.45) is 2.58. The minimum Gasteiger partial charge on any atom is -0.412 e. The first-order valence-electron chi connectivity index (χ1n) is 3.35. The Kier molecular flexibility index (Phi) is 2.21. The van der Waals surface area contributed by atoms with Gasteiger partial charge in [0.05, 0.1) is 11.8 Å². The average molecular weight is 291 g/mol. The van der Waals surface area contributed by atoms with E-state index in [-0.39, 0.29) is 5.89 Å². The normalized spacial score (nSPS) is 10.3. The van der Waals surface area contributed by atoms with Gasteiger partial charge in [-0.1, -0.05) is 0 Å². The Morgan fingerprint density at radius 1 is 1.31 bits per heavy atom. The monoisotopic (exact) mass is 291 g/mol. The second kappa shape index (κ2) is 3.36. The first-order chi connectivity index (χ1) is 6.25. The van der Waals surface area contributed by atoms with Gasteiger partial charge < -0.3 is 4.42 Å². The van der Waals surface area contributed by atoms with Crippen molar-refractivity contribution in [2.24, 2.45) is 0 Å². The van der Waals surface area contributed by atoms with E-state index in [1.54, 1.807) is 0 Å². The molecule has 0 atom stereocenters. The van der Waals surface area contributed by atoms with Gasteiger partial charge >= 0.3 is 0 Å². The molecule has 0 saturated heterocycles. The van der Waals surface area contributed by atoms with Crippen LogP contribution in [0.2, 0.25) is 0 Å². The predicted molar refractivity (Wildman–Crippen MR) is 50.2 cm³/mol. The summed E-state index contributed by atoms with van der Waals surface area (Å²) in [5.74, 6) is -0.151. The highest BCUT2D eigenvalue weighted by molar-refractivity contribution is 14.1. The fourth-order valence-corrected chi connectivity index (χ4v) is 1.17. The van der Waals surface area contributed by atoms with Gasteiger partial charge in [0.15, 0.2) is 0 Å². The van der Waals surface area contributed by atoms with Crippen LogP contribution in [0.25, 0.3) is 11.5 Å². The number of hydrogen-bond acceptors (Lipinski definition) is 4. The highest BCUT2D eigenvalue weighted by Gasteiger charge is 2.07. The third kappa shape index (κ3) is 1.82. The van der Waals surface area contributed by atoms with Gasteiger partial charge in [-0.25, -0.2) is 4.39 Å². The Morgan fingerprint density at radius 3 is 2.77 bits per heavy atom. The quantitative estimate of drug-likeness (QED) is 0.753. The molecule has 0 bridgehead atoms. The first-order valence-corrected chi connectivity index (χ1v) is 4.43. The minimum atomic E-state index is -0.425. The highest BCUT2D eigenvalue weighted by Crippen LogP contribution is 2.17. The maximum absolute atomic E-state index is 12.7. The summed E-state index contributed by atoms with van der Waals surface area (Å²) in [6, 6.07) is 1.29. The third-order valence-electron chi connectivity index (χ3n) is 1.35. The van der Waals surface area contributed by atoms with Crippen molar-refractivity contribution in [2.75, 3.05) is 0 Å². The van der Waals surface area contributed by atoms with Crippen LogP contribution < -0.4 is 0 Å². The van der Waals surface area contributed by atoms with Gasteiger partial charge in [0, 0.05) is 28.8 Å². The van der Waals surface area contributed by atoms with E-state index in [0.29, 0.717) is 9.46 Å². The Balaban J connectivity index is 2.46. The van der Waals surface area contributed by atoms with E-state index in [9.17, 15) is 4.39 Å². The molecule has 0 aliphatic carbocycles. The van der Waals surface area contributed by atoms with E-state index in [1.165, 1.54) is 12.3 Å². The SMILES string of the molecule is Fc1cncc(-c2nnc(I)o2)c1. The molecule has 0 aromatic carbocycles. The van der Waals surface area contributed by atoms with Crippen LogP contribution in [0.4, 0.5) is 4.39 Å². The van der Waals surface area contributed by atoms with Crippen molar-refractivity contribution < 1.29 is 8.81 Å². The lowest BCUT2D eigenvalue weighted by atomic mass is 10.3. The molecule has 0 saturated carbocycles. The Labute approximate surface area is 86.3 Å². The van der Waals surface area contributed by atoms with Gasteiger partial charge in [-0.2, -0.15) is 0 Å². The van der Waals surface area contributed by atoms with E-state index in [4.69, 9.17) is 4.42 Å². The molecule has 2 rings (SSSR count). The number of nitrogens with zero attached hydrogens (tertiary/aromatic N) is 3. The molecule has 6 heteroatoms. The molecule has 0 aliphatic heterocycles. The topological polar surface area (TPSA) is 51.8 Å². The number of rotatable bonds is 1. The molecule has 0 radical (unpaired) electrons. The maximum atomic E-state index is 12.7. The van der Waals surface area contributed by atoms with Gasteiger partial charge in [0.2, 0.25) is 5.89 Å². The zero-order valence-corrected chi connectivity index (χ0v) is 8.40. The molecule has 13 heavy (non-hydrogen) atoms. The Hall–Kier alpha value is -1.05. The van der Waals surface area contributed by atoms with Crippen molar-refractivity contribution in [1.82, 2.24) is 15.2 Å². The standard InChI is InChI=1S/C7H3FIN3O/c8-5-1-4(2-10-3-5)6-11-12-7(9)13-6/h1-3H. The van der Waals surface area contributed by atoms with Crippen LogP contribution in [-0.2, 0) is 0 Å². The zero-order chi connectivity index (χ0) is 9.26. The second-order valence-electron chi connectivity index (χ2n) is 2.25. The van der Waals surface area contributed by atoms with Gasteiger partial charge in [-0.3, -0.25) is 4.98 Å². The smallest absolute Gasteiger partial charge is 0.278 e. The van der Waals surface area contributed by atoms with Crippen molar-refractivity contribution in [2.45, 2.75) is 0 Å². The van der Waals surface area contributed by atoms with Gasteiger partial charge in [-0.15, -0.1) is 10.2 Å². The predicted octanol–water partition coefficient (Wildman–Crippen LogP) is 1.88. The summed E-state index contributed by atoms with van der Waals surface area (Å²) >= 11 is 1.88. The van der Waals surface area contributed by atoms with Gasteiger partial charge in [0.25, 0.3) is 3.90 Å². The van der Waals surface area contributed by atoms with Gasteiger partial charge in [-0.05, 0) is 6.07 Å². The van der Waals surface area contributed by atoms with E-state index >= 15 is 0 Å². The van der Waals surface area contributed by atoms with E-state index in [1.807, 2.05) is 22.6 Å². The summed E-state index contributed by atoms with van der Waals surface area (Å²) < 4.78 is 18.2. The van der Waals surface area contributed by atoms with E-state index in [2.05, 4.69) is 15.2 Å². The Bertz CT molecular complexity index is 431. The number of aromatic nitrogens is 3. The van der Waals surface area contributed by atoms with Crippen LogP contribution in [0.15, 0.2) is 22.9 Å². The lowest BCUT2D eigenvalue weighted by Gasteiger charge is -1.91. The molecular weight excluding hydrogens is 288 g/mol. The molecule has 0 N–H and O–H groups in total. The first kappa shape index (κ1) is 8.54. The van der Waals surface area contributed by atoms with Crippen molar-refractivity contribution in [3.63, 3.8) is 0 Å². The molecule has 0 aliphatic rings. The zero-order valence-electron chi connectivity index (χ0n) is 6.24. The molecule has 66 valence electrons. The number of halogens is 2. The second-order valence-corrected chi connectivity index (χ2v) is 3.17. The summed E-state index contributed by atoms with van der Waals surface area (Å²) in [5, 5.41) is 7.34. The van der Waals surface area contributed by atoms with Crippen molar-refractivity contribution in [3.05, 3.63) is 28.2 Å².